The Kier molecular flexibility index (Phi) is 3.49. The molecule has 76 valence electrons. The lowest BCUT2D eigenvalue weighted by Crippen LogP contribution is -2.34. The van der Waals surface area contributed by atoms with E-state index in [4.69, 9.17) is 5.73 Å². The molecule has 1 aromatic carbocycles. The third-order valence-electron chi connectivity index (χ3n) is 2.40. The van der Waals surface area contributed by atoms with Crippen molar-refractivity contribution in [3.8, 4) is 0 Å². The number of benzene rings is 1. The minimum absolute atomic E-state index is 0. The van der Waals surface area contributed by atoms with Gasteiger partial charge in [-0.15, -0.1) is 12.4 Å². The number of para-hydroxylation sites is 1. The summed E-state index contributed by atoms with van der Waals surface area (Å²) in [7, 11) is 0. The topological polar surface area (TPSA) is 55.1 Å². The summed E-state index contributed by atoms with van der Waals surface area (Å²) < 4.78 is 0. The van der Waals surface area contributed by atoms with Crippen molar-refractivity contribution in [1.29, 1.82) is 0 Å². The molecular formula is C10H13ClN2O. The number of carbonyl (C=O) groups is 1. The standard InChI is InChI=1S/C10H12N2O.ClH/c11-6-8-5-7-3-1-2-4-9(7)12-10(8)13;/h1-4,8H,5-6,11H2,(H,12,13);1H. The third-order valence-corrected chi connectivity index (χ3v) is 2.40. The van der Waals surface area contributed by atoms with Gasteiger partial charge in [0.25, 0.3) is 0 Å². The average Bonchev–Trinajstić information content (AvgIpc) is 2.17. The molecule has 14 heavy (non-hydrogen) atoms. The maximum absolute atomic E-state index is 11.4. The highest BCUT2D eigenvalue weighted by atomic mass is 35.5. The Morgan fingerprint density at radius 3 is 2.86 bits per heavy atom. The Morgan fingerprint density at radius 1 is 1.43 bits per heavy atom. The smallest absolute Gasteiger partial charge is 0.229 e. The molecule has 0 saturated carbocycles. The number of hydrogen-bond acceptors (Lipinski definition) is 2. The molecule has 1 amide bonds. The Morgan fingerprint density at radius 2 is 2.14 bits per heavy atom. The van der Waals surface area contributed by atoms with E-state index in [-0.39, 0.29) is 24.2 Å². The Hall–Kier alpha value is -1.06. The number of rotatable bonds is 1. The molecule has 4 heteroatoms. The molecule has 3 N–H and O–H groups in total. The number of anilines is 1. The number of amides is 1. The second-order valence-electron chi connectivity index (χ2n) is 3.28. The van der Waals surface area contributed by atoms with Crippen molar-refractivity contribution in [2.24, 2.45) is 11.7 Å². The number of fused-ring (bicyclic) bond motifs is 1. The summed E-state index contributed by atoms with van der Waals surface area (Å²) in [5.74, 6) is -0.0175. The van der Waals surface area contributed by atoms with Crippen LogP contribution in [-0.4, -0.2) is 12.5 Å². The summed E-state index contributed by atoms with van der Waals surface area (Å²) in [6.07, 6.45) is 0.762. The van der Waals surface area contributed by atoms with E-state index in [0.717, 1.165) is 12.1 Å². The van der Waals surface area contributed by atoms with Crippen LogP contribution >= 0.6 is 12.4 Å². The zero-order valence-electron chi connectivity index (χ0n) is 7.69. The summed E-state index contributed by atoms with van der Waals surface area (Å²) in [5.41, 5.74) is 7.60. The van der Waals surface area contributed by atoms with E-state index >= 15 is 0 Å². The van der Waals surface area contributed by atoms with E-state index in [9.17, 15) is 4.79 Å². The predicted octanol–water partition coefficient (Wildman–Crippen LogP) is 1.18. The van der Waals surface area contributed by atoms with Crippen LogP contribution in [0.5, 0.6) is 0 Å². The highest BCUT2D eigenvalue weighted by Gasteiger charge is 2.23. The van der Waals surface area contributed by atoms with Crippen LogP contribution in [0.2, 0.25) is 0 Å². The zero-order valence-corrected chi connectivity index (χ0v) is 8.51. The van der Waals surface area contributed by atoms with Crippen molar-refractivity contribution in [1.82, 2.24) is 0 Å². The largest absolute Gasteiger partial charge is 0.330 e. The highest BCUT2D eigenvalue weighted by Crippen LogP contribution is 2.24. The van der Waals surface area contributed by atoms with Gasteiger partial charge in [0.15, 0.2) is 0 Å². The molecule has 0 aromatic heterocycles. The van der Waals surface area contributed by atoms with Crippen LogP contribution in [0, 0.1) is 5.92 Å². The number of halogens is 1. The maximum Gasteiger partial charge on any atom is 0.229 e. The van der Waals surface area contributed by atoms with Gasteiger partial charge in [-0.25, -0.2) is 0 Å². The molecule has 0 saturated heterocycles. The summed E-state index contributed by atoms with van der Waals surface area (Å²) in [6.45, 7) is 0.417. The molecule has 0 bridgehead atoms. The lowest BCUT2D eigenvalue weighted by Gasteiger charge is -2.23. The van der Waals surface area contributed by atoms with Crippen LogP contribution < -0.4 is 11.1 Å². The Labute approximate surface area is 89.1 Å². The van der Waals surface area contributed by atoms with Crippen LogP contribution in [-0.2, 0) is 11.2 Å². The molecule has 3 nitrogen and oxygen atoms in total. The van der Waals surface area contributed by atoms with Crippen LogP contribution in [0.1, 0.15) is 5.56 Å². The first-order chi connectivity index (χ1) is 6.31. The molecule has 0 fully saturated rings. The highest BCUT2D eigenvalue weighted by molar-refractivity contribution is 5.95. The molecule has 1 aromatic rings. The minimum Gasteiger partial charge on any atom is -0.330 e. The van der Waals surface area contributed by atoms with Gasteiger partial charge in [0.2, 0.25) is 5.91 Å². The van der Waals surface area contributed by atoms with Gasteiger partial charge in [-0.2, -0.15) is 0 Å². The van der Waals surface area contributed by atoms with E-state index in [1.807, 2.05) is 24.3 Å². The van der Waals surface area contributed by atoms with E-state index in [0.29, 0.717) is 6.54 Å². The van der Waals surface area contributed by atoms with Crippen molar-refractivity contribution in [2.45, 2.75) is 6.42 Å². The van der Waals surface area contributed by atoms with Gasteiger partial charge >= 0.3 is 0 Å². The number of nitrogens with one attached hydrogen (secondary N) is 1. The van der Waals surface area contributed by atoms with Crippen molar-refractivity contribution >= 4 is 24.0 Å². The number of carbonyl (C=O) groups excluding carboxylic acids is 1. The molecule has 1 aliphatic rings. The SMILES string of the molecule is Cl.NCC1Cc2ccccc2NC1=O. The molecule has 1 aliphatic heterocycles. The number of nitrogens with two attached hydrogens (primary N) is 1. The number of hydrogen-bond donors (Lipinski definition) is 2. The van der Waals surface area contributed by atoms with Gasteiger partial charge in [-0.05, 0) is 18.1 Å². The Bertz CT molecular complexity index is 341. The first-order valence-corrected chi connectivity index (χ1v) is 4.40. The van der Waals surface area contributed by atoms with E-state index in [2.05, 4.69) is 5.32 Å². The second-order valence-corrected chi connectivity index (χ2v) is 3.28. The normalized spacial score (nSPS) is 19.2. The molecule has 1 atom stereocenters. The van der Waals surface area contributed by atoms with Gasteiger partial charge in [0.05, 0.1) is 5.92 Å². The van der Waals surface area contributed by atoms with Crippen LogP contribution in [0.25, 0.3) is 0 Å². The molecule has 1 unspecified atom stereocenters. The van der Waals surface area contributed by atoms with Crippen LogP contribution in [0.15, 0.2) is 24.3 Å². The lowest BCUT2D eigenvalue weighted by atomic mass is 9.93. The molecule has 2 rings (SSSR count). The van der Waals surface area contributed by atoms with E-state index in [1.54, 1.807) is 0 Å². The van der Waals surface area contributed by atoms with Crippen molar-refractivity contribution in [3.05, 3.63) is 29.8 Å². The first-order valence-electron chi connectivity index (χ1n) is 4.40. The van der Waals surface area contributed by atoms with Crippen LogP contribution in [0.3, 0.4) is 0 Å². The fourth-order valence-electron chi connectivity index (χ4n) is 1.60. The van der Waals surface area contributed by atoms with Crippen molar-refractivity contribution < 1.29 is 4.79 Å². The predicted molar refractivity (Wildman–Crippen MR) is 58.6 cm³/mol. The van der Waals surface area contributed by atoms with Gasteiger partial charge in [-0.3, -0.25) is 4.79 Å². The van der Waals surface area contributed by atoms with Gasteiger partial charge < -0.3 is 11.1 Å². The Balaban J connectivity index is 0.000000980. The summed E-state index contributed by atoms with van der Waals surface area (Å²) in [5, 5.41) is 2.84. The second kappa shape index (κ2) is 4.44. The molecular weight excluding hydrogens is 200 g/mol. The first kappa shape index (κ1) is 11.0. The minimum atomic E-state index is -0.0603. The van der Waals surface area contributed by atoms with E-state index < -0.39 is 0 Å². The zero-order chi connectivity index (χ0) is 9.26. The molecule has 0 spiro atoms. The maximum atomic E-state index is 11.4. The van der Waals surface area contributed by atoms with E-state index in [1.165, 1.54) is 5.56 Å². The fraction of sp³-hybridized carbons (Fsp3) is 0.300. The summed E-state index contributed by atoms with van der Waals surface area (Å²) >= 11 is 0. The monoisotopic (exact) mass is 212 g/mol. The average molecular weight is 213 g/mol. The van der Waals surface area contributed by atoms with Crippen molar-refractivity contribution in [2.75, 3.05) is 11.9 Å². The molecule has 0 aliphatic carbocycles. The van der Waals surface area contributed by atoms with Crippen molar-refractivity contribution in [3.63, 3.8) is 0 Å². The fourth-order valence-corrected chi connectivity index (χ4v) is 1.60. The summed E-state index contributed by atoms with van der Waals surface area (Å²) in [4.78, 5) is 11.4. The van der Waals surface area contributed by atoms with Gasteiger partial charge in [0.1, 0.15) is 0 Å². The lowest BCUT2D eigenvalue weighted by molar-refractivity contribution is -0.119. The summed E-state index contributed by atoms with van der Waals surface area (Å²) in [6, 6.07) is 7.84. The quantitative estimate of drug-likeness (QED) is 0.735. The third kappa shape index (κ3) is 1.89. The molecule has 0 radical (unpaired) electrons. The van der Waals surface area contributed by atoms with Crippen LogP contribution in [0.4, 0.5) is 5.69 Å². The molecule has 1 heterocycles. The van der Waals surface area contributed by atoms with Gasteiger partial charge in [0, 0.05) is 12.2 Å². The van der Waals surface area contributed by atoms with Gasteiger partial charge in [-0.1, -0.05) is 18.2 Å².